The molecule has 3 heteroatoms. The molecule has 0 saturated carbocycles. The standard InChI is InChI=1S/C18H26N2S/c1-14-9-15(2)11-17(10-14)18(19-3)5-7-20(4)12-16-6-8-21-13-16/h6,8-11,13,18-19H,5,7,12H2,1-4H3. The van der Waals surface area contributed by atoms with E-state index < -0.39 is 0 Å². The predicted octanol–water partition coefficient (Wildman–Crippen LogP) is 4.15. The molecule has 1 aromatic carbocycles. The number of thiophene rings is 1. The van der Waals surface area contributed by atoms with E-state index in [0.29, 0.717) is 6.04 Å². The van der Waals surface area contributed by atoms with Crippen LogP contribution in [0.3, 0.4) is 0 Å². The maximum absolute atomic E-state index is 3.46. The van der Waals surface area contributed by atoms with Crippen molar-refractivity contribution in [2.45, 2.75) is 32.9 Å². The molecule has 114 valence electrons. The van der Waals surface area contributed by atoms with Crippen LogP contribution in [0.1, 0.15) is 34.7 Å². The Balaban J connectivity index is 1.92. The quantitative estimate of drug-likeness (QED) is 0.826. The molecule has 0 aliphatic carbocycles. The third kappa shape index (κ3) is 4.95. The molecule has 1 atom stereocenters. The van der Waals surface area contributed by atoms with Gasteiger partial charge in [0.05, 0.1) is 0 Å². The van der Waals surface area contributed by atoms with Crippen molar-refractivity contribution >= 4 is 11.3 Å². The highest BCUT2D eigenvalue weighted by atomic mass is 32.1. The first-order valence-electron chi connectivity index (χ1n) is 7.53. The van der Waals surface area contributed by atoms with E-state index in [2.05, 4.69) is 73.2 Å². The van der Waals surface area contributed by atoms with Crippen LogP contribution < -0.4 is 5.32 Å². The van der Waals surface area contributed by atoms with Crippen LogP contribution in [0, 0.1) is 13.8 Å². The molecule has 1 aromatic heterocycles. The molecule has 0 fully saturated rings. The Bertz CT molecular complexity index is 528. The predicted molar refractivity (Wildman–Crippen MR) is 93.0 cm³/mol. The van der Waals surface area contributed by atoms with E-state index in [0.717, 1.165) is 19.5 Å². The van der Waals surface area contributed by atoms with Crippen molar-refractivity contribution in [3.8, 4) is 0 Å². The van der Waals surface area contributed by atoms with Crippen LogP contribution in [0.2, 0.25) is 0 Å². The Labute approximate surface area is 132 Å². The molecule has 0 spiro atoms. The molecule has 0 amide bonds. The maximum atomic E-state index is 3.46. The fraction of sp³-hybridized carbons (Fsp3) is 0.444. The van der Waals surface area contributed by atoms with Gasteiger partial charge in [-0.15, -0.1) is 0 Å². The van der Waals surface area contributed by atoms with Crippen LogP contribution in [0.15, 0.2) is 35.0 Å². The lowest BCUT2D eigenvalue weighted by Gasteiger charge is -2.22. The van der Waals surface area contributed by atoms with Gasteiger partial charge in [-0.25, -0.2) is 0 Å². The number of nitrogens with one attached hydrogen (secondary N) is 1. The Hall–Kier alpha value is -1.16. The normalized spacial score (nSPS) is 12.8. The summed E-state index contributed by atoms with van der Waals surface area (Å²) in [6.07, 6.45) is 1.13. The summed E-state index contributed by atoms with van der Waals surface area (Å²) >= 11 is 1.77. The number of benzene rings is 1. The van der Waals surface area contributed by atoms with Gasteiger partial charge in [-0.1, -0.05) is 29.3 Å². The summed E-state index contributed by atoms with van der Waals surface area (Å²) in [5, 5.41) is 7.84. The highest BCUT2D eigenvalue weighted by molar-refractivity contribution is 7.07. The average Bonchev–Trinajstić information content (AvgIpc) is 2.91. The second-order valence-corrected chi connectivity index (χ2v) is 6.70. The summed E-state index contributed by atoms with van der Waals surface area (Å²) in [6, 6.07) is 9.47. The smallest absolute Gasteiger partial charge is 0.0329 e. The van der Waals surface area contributed by atoms with E-state index in [1.54, 1.807) is 11.3 Å². The fourth-order valence-electron chi connectivity index (χ4n) is 2.81. The molecular formula is C18H26N2S. The molecule has 1 N–H and O–H groups in total. The third-order valence-electron chi connectivity index (χ3n) is 3.83. The maximum Gasteiger partial charge on any atom is 0.0329 e. The van der Waals surface area contributed by atoms with Gasteiger partial charge in [0.1, 0.15) is 0 Å². The van der Waals surface area contributed by atoms with Gasteiger partial charge in [0.2, 0.25) is 0 Å². The van der Waals surface area contributed by atoms with E-state index in [1.807, 2.05) is 0 Å². The molecule has 0 bridgehead atoms. The molecule has 0 aliphatic heterocycles. The van der Waals surface area contributed by atoms with Crippen LogP contribution >= 0.6 is 11.3 Å². The molecule has 0 aliphatic rings. The lowest BCUT2D eigenvalue weighted by Crippen LogP contribution is -2.25. The van der Waals surface area contributed by atoms with E-state index in [-0.39, 0.29) is 0 Å². The van der Waals surface area contributed by atoms with E-state index in [1.165, 1.54) is 22.3 Å². The highest BCUT2D eigenvalue weighted by Gasteiger charge is 2.11. The summed E-state index contributed by atoms with van der Waals surface area (Å²) in [5.74, 6) is 0. The molecule has 0 radical (unpaired) electrons. The summed E-state index contributed by atoms with van der Waals surface area (Å²) in [4.78, 5) is 2.40. The van der Waals surface area contributed by atoms with Gasteiger partial charge >= 0.3 is 0 Å². The summed E-state index contributed by atoms with van der Waals surface area (Å²) in [7, 11) is 4.26. The van der Waals surface area contributed by atoms with Crippen LogP contribution in [0.5, 0.6) is 0 Å². The molecule has 2 nitrogen and oxygen atoms in total. The Morgan fingerprint density at radius 2 is 1.90 bits per heavy atom. The van der Waals surface area contributed by atoms with Gasteiger partial charge in [-0.3, -0.25) is 0 Å². The van der Waals surface area contributed by atoms with Crippen LogP contribution in [-0.4, -0.2) is 25.5 Å². The Morgan fingerprint density at radius 3 is 2.48 bits per heavy atom. The monoisotopic (exact) mass is 302 g/mol. The molecule has 2 aromatic rings. The first kappa shape index (κ1) is 16.2. The topological polar surface area (TPSA) is 15.3 Å². The molecular weight excluding hydrogens is 276 g/mol. The number of hydrogen-bond acceptors (Lipinski definition) is 3. The minimum absolute atomic E-state index is 0.425. The second kappa shape index (κ2) is 7.74. The van der Waals surface area contributed by atoms with Crippen molar-refractivity contribution in [3.05, 3.63) is 57.3 Å². The zero-order valence-corrected chi connectivity index (χ0v) is 14.3. The third-order valence-corrected chi connectivity index (χ3v) is 4.56. The van der Waals surface area contributed by atoms with Crippen LogP contribution in [0.4, 0.5) is 0 Å². The van der Waals surface area contributed by atoms with Crippen LogP contribution in [-0.2, 0) is 6.54 Å². The number of nitrogens with zero attached hydrogens (tertiary/aromatic N) is 1. The second-order valence-electron chi connectivity index (χ2n) is 5.92. The van der Waals surface area contributed by atoms with Gasteiger partial charge < -0.3 is 10.2 Å². The molecule has 1 unspecified atom stereocenters. The van der Waals surface area contributed by atoms with Gasteiger partial charge in [0.15, 0.2) is 0 Å². The lowest BCUT2D eigenvalue weighted by atomic mass is 9.99. The highest BCUT2D eigenvalue weighted by Crippen LogP contribution is 2.20. The summed E-state index contributed by atoms with van der Waals surface area (Å²) in [5.41, 5.74) is 5.50. The number of aryl methyl sites for hydroxylation is 2. The molecule has 2 rings (SSSR count). The van der Waals surface area contributed by atoms with Crippen molar-refractivity contribution < 1.29 is 0 Å². The fourth-order valence-corrected chi connectivity index (χ4v) is 3.47. The SMILES string of the molecule is CNC(CCN(C)Cc1ccsc1)c1cc(C)cc(C)c1. The van der Waals surface area contributed by atoms with Crippen molar-refractivity contribution in [2.24, 2.45) is 0 Å². The van der Waals surface area contributed by atoms with E-state index in [4.69, 9.17) is 0 Å². The molecule has 0 saturated heterocycles. The van der Waals surface area contributed by atoms with Crippen LogP contribution in [0.25, 0.3) is 0 Å². The minimum atomic E-state index is 0.425. The van der Waals surface area contributed by atoms with Gasteiger partial charge in [-0.05, 0) is 68.9 Å². The zero-order chi connectivity index (χ0) is 15.2. The van der Waals surface area contributed by atoms with E-state index in [9.17, 15) is 0 Å². The largest absolute Gasteiger partial charge is 0.313 e. The molecule has 1 heterocycles. The van der Waals surface area contributed by atoms with Gasteiger partial charge in [0, 0.05) is 12.6 Å². The summed E-state index contributed by atoms with van der Waals surface area (Å²) < 4.78 is 0. The Kier molecular flexibility index (Phi) is 5.97. The minimum Gasteiger partial charge on any atom is -0.313 e. The number of hydrogen-bond donors (Lipinski definition) is 1. The van der Waals surface area contributed by atoms with Crippen molar-refractivity contribution in [1.29, 1.82) is 0 Å². The first-order valence-corrected chi connectivity index (χ1v) is 8.48. The Morgan fingerprint density at radius 1 is 1.19 bits per heavy atom. The zero-order valence-electron chi connectivity index (χ0n) is 13.5. The van der Waals surface area contributed by atoms with Crippen molar-refractivity contribution in [1.82, 2.24) is 10.2 Å². The van der Waals surface area contributed by atoms with E-state index >= 15 is 0 Å². The average molecular weight is 302 g/mol. The molecule has 21 heavy (non-hydrogen) atoms. The van der Waals surface area contributed by atoms with Crippen molar-refractivity contribution in [2.75, 3.05) is 20.6 Å². The first-order chi connectivity index (χ1) is 10.1. The van der Waals surface area contributed by atoms with Crippen molar-refractivity contribution in [3.63, 3.8) is 0 Å². The van der Waals surface area contributed by atoms with Gasteiger partial charge in [-0.2, -0.15) is 11.3 Å². The number of rotatable bonds is 7. The summed E-state index contributed by atoms with van der Waals surface area (Å²) in [6.45, 7) is 6.47. The lowest BCUT2D eigenvalue weighted by molar-refractivity contribution is 0.304. The van der Waals surface area contributed by atoms with Gasteiger partial charge in [0.25, 0.3) is 0 Å².